The van der Waals surface area contributed by atoms with Crippen molar-refractivity contribution in [2.45, 2.75) is 32.4 Å². The van der Waals surface area contributed by atoms with Gasteiger partial charge in [0, 0.05) is 37.3 Å². The Morgan fingerprint density at radius 2 is 1.16 bits per heavy atom. The van der Waals surface area contributed by atoms with Crippen LogP contribution in [0.1, 0.15) is 41.5 Å². The zero-order valence-electron chi connectivity index (χ0n) is 26.2. The Morgan fingerprint density at radius 3 is 1.56 bits per heavy atom. The van der Waals surface area contributed by atoms with Crippen LogP contribution in [-0.2, 0) is 4.74 Å². The number of hydrogen-bond donors (Lipinski definition) is 1. The molecule has 1 atom stereocenters. The number of amides is 3. The maximum Gasteiger partial charge on any atom is 0.407 e. The van der Waals surface area contributed by atoms with Gasteiger partial charge in [0.1, 0.15) is 5.60 Å². The fourth-order valence-corrected chi connectivity index (χ4v) is 4.75. The van der Waals surface area contributed by atoms with E-state index in [1.165, 1.54) is 42.7 Å². The lowest BCUT2D eigenvalue weighted by molar-refractivity contribution is 0.0340. The summed E-state index contributed by atoms with van der Waals surface area (Å²) < 4.78 is 37.8. The Hall–Kier alpha value is -4.55. The SMILES string of the molecule is COc1cc(C(=O)N2CCN(C(=O)c3cc(OC)c(OC)c(OC)c3)C(CNC(=O)OC(C)(C)C)C2)cc(OC)c1OC. The van der Waals surface area contributed by atoms with Crippen molar-refractivity contribution in [3.63, 3.8) is 0 Å². The second-order valence-electron chi connectivity index (χ2n) is 10.6. The molecule has 13 heteroatoms. The van der Waals surface area contributed by atoms with Crippen LogP contribution in [0.3, 0.4) is 0 Å². The highest BCUT2D eigenvalue weighted by molar-refractivity contribution is 5.97. The highest BCUT2D eigenvalue weighted by Gasteiger charge is 2.35. The van der Waals surface area contributed by atoms with Crippen LogP contribution in [-0.4, -0.2) is 108 Å². The van der Waals surface area contributed by atoms with Crippen molar-refractivity contribution in [2.75, 3.05) is 68.8 Å². The Balaban J connectivity index is 1.94. The lowest BCUT2D eigenvalue weighted by Gasteiger charge is -2.41. The summed E-state index contributed by atoms with van der Waals surface area (Å²) in [5, 5.41) is 2.74. The molecule has 1 N–H and O–H groups in total. The molecule has 0 radical (unpaired) electrons. The Bertz CT molecular complexity index is 1270. The van der Waals surface area contributed by atoms with E-state index in [1.807, 2.05) is 0 Å². The number of carbonyl (C=O) groups excluding carboxylic acids is 3. The second-order valence-corrected chi connectivity index (χ2v) is 10.6. The summed E-state index contributed by atoms with van der Waals surface area (Å²) in [5.74, 6) is 1.40. The van der Waals surface area contributed by atoms with Crippen molar-refractivity contribution in [1.82, 2.24) is 15.1 Å². The van der Waals surface area contributed by atoms with Crippen molar-refractivity contribution in [3.05, 3.63) is 35.4 Å². The molecule has 0 aromatic heterocycles. The van der Waals surface area contributed by atoms with Crippen LogP contribution in [0.5, 0.6) is 34.5 Å². The van der Waals surface area contributed by atoms with Crippen LogP contribution in [0.15, 0.2) is 24.3 Å². The van der Waals surface area contributed by atoms with Crippen LogP contribution < -0.4 is 33.7 Å². The van der Waals surface area contributed by atoms with Crippen molar-refractivity contribution in [1.29, 1.82) is 0 Å². The van der Waals surface area contributed by atoms with E-state index < -0.39 is 17.7 Å². The molecule has 1 aliphatic heterocycles. The van der Waals surface area contributed by atoms with Gasteiger partial charge in [0.2, 0.25) is 11.5 Å². The molecule has 0 spiro atoms. The van der Waals surface area contributed by atoms with Crippen LogP contribution in [0, 0.1) is 0 Å². The topological polar surface area (TPSA) is 134 Å². The Labute approximate surface area is 251 Å². The van der Waals surface area contributed by atoms with Crippen LogP contribution in [0.4, 0.5) is 4.79 Å². The van der Waals surface area contributed by atoms with Crippen LogP contribution >= 0.6 is 0 Å². The summed E-state index contributed by atoms with van der Waals surface area (Å²) in [7, 11) is 8.83. The number of benzene rings is 2. The lowest BCUT2D eigenvalue weighted by Crippen LogP contribution is -2.60. The molecule has 236 valence electrons. The van der Waals surface area contributed by atoms with Gasteiger partial charge in [-0.25, -0.2) is 4.79 Å². The summed E-state index contributed by atoms with van der Waals surface area (Å²) >= 11 is 0. The zero-order chi connectivity index (χ0) is 31.9. The first-order valence-corrected chi connectivity index (χ1v) is 13.6. The van der Waals surface area contributed by atoms with E-state index in [9.17, 15) is 14.4 Å². The quantitative estimate of drug-likeness (QED) is 0.431. The highest BCUT2D eigenvalue weighted by atomic mass is 16.6. The van der Waals surface area contributed by atoms with Gasteiger partial charge in [-0.15, -0.1) is 0 Å². The van der Waals surface area contributed by atoms with Gasteiger partial charge in [-0.1, -0.05) is 0 Å². The number of hydrogen-bond acceptors (Lipinski definition) is 10. The normalized spacial score (nSPS) is 14.9. The van der Waals surface area contributed by atoms with Gasteiger partial charge in [-0.2, -0.15) is 0 Å². The van der Waals surface area contributed by atoms with Gasteiger partial charge in [-0.05, 0) is 45.0 Å². The number of nitrogens with zero attached hydrogens (tertiary/aromatic N) is 2. The Kier molecular flexibility index (Phi) is 10.8. The predicted octanol–water partition coefficient (Wildman–Crippen LogP) is 3.23. The van der Waals surface area contributed by atoms with Gasteiger partial charge < -0.3 is 48.3 Å². The first-order valence-electron chi connectivity index (χ1n) is 13.6. The largest absolute Gasteiger partial charge is 0.493 e. The summed E-state index contributed by atoms with van der Waals surface area (Å²) in [6.07, 6.45) is -0.638. The van der Waals surface area contributed by atoms with Crippen molar-refractivity contribution < 1.29 is 47.5 Å². The number of nitrogens with one attached hydrogen (secondary N) is 1. The standard InChI is InChI=1S/C30H41N3O10/c1-30(2,3)43-29(36)31-16-20-17-32(27(34)18-12-21(37-4)25(41-8)22(13-18)38-5)10-11-33(20)28(35)19-14-23(39-6)26(42-9)24(15-19)40-7/h12-15,20H,10-11,16-17H2,1-9H3,(H,31,36). The molecule has 1 heterocycles. The zero-order valence-corrected chi connectivity index (χ0v) is 26.2. The van der Waals surface area contributed by atoms with Gasteiger partial charge >= 0.3 is 6.09 Å². The van der Waals surface area contributed by atoms with E-state index in [0.29, 0.717) is 45.6 Å². The van der Waals surface area contributed by atoms with Gasteiger partial charge in [0.05, 0.1) is 48.7 Å². The summed E-state index contributed by atoms with van der Waals surface area (Å²) in [6.45, 7) is 5.84. The van der Waals surface area contributed by atoms with E-state index in [2.05, 4.69) is 5.32 Å². The molecule has 0 bridgehead atoms. The highest BCUT2D eigenvalue weighted by Crippen LogP contribution is 2.40. The first kappa shape index (κ1) is 33.0. The third-order valence-electron chi connectivity index (χ3n) is 6.74. The number of carbonyl (C=O) groups is 3. The number of ether oxygens (including phenoxy) is 7. The van der Waals surface area contributed by atoms with Gasteiger partial charge in [0.25, 0.3) is 11.8 Å². The molecule has 3 rings (SSSR count). The van der Waals surface area contributed by atoms with Crippen LogP contribution in [0.2, 0.25) is 0 Å². The third kappa shape index (κ3) is 7.65. The minimum atomic E-state index is -0.711. The van der Waals surface area contributed by atoms with E-state index in [-0.39, 0.29) is 38.0 Å². The maximum absolute atomic E-state index is 13.9. The molecular formula is C30H41N3O10. The van der Waals surface area contributed by atoms with Crippen LogP contribution in [0.25, 0.3) is 0 Å². The third-order valence-corrected chi connectivity index (χ3v) is 6.74. The number of rotatable bonds is 10. The molecule has 0 saturated carbocycles. The molecule has 1 aliphatic rings. The Morgan fingerprint density at radius 1 is 0.721 bits per heavy atom. The minimum Gasteiger partial charge on any atom is -0.493 e. The summed E-state index contributed by atoms with van der Waals surface area (Å²) in [5.41, 5.74) is -0.101. The lowest BCUT2D eigenvalue weighted by atomic mass is 10.1. The molecule has 0 aliphatic carbocycles. The first-order chi connectivity index (χ1) is 20.4. The van der Waals surface area contributed by atoms with Gasteiger partial charge in [0.15, 0.2) is 23.0 Å². The average molecular weight is 604 g/mol. The summed E-state index contributed by atoms with van der Waals surface area (Å²) in [6, 6.07) is 5.68. The van der Waals surface area contributed by atoms with Crippen molar-refractivity contribution >= 4 is 17.9 Å². The average Bonchev–Trinajstić information content (AvgIpc) is 3.00. The van der Waals surface area contributed by atoms with Crippen molar-refractivity contribution in [2.24, 2.45) is 0 Å². The molecule has 43 heavy (non-hydrogen) atoms. The van der Waals surface area contributed by atoms with Gasteiger partial charge in [-0.3, -0.25) is 9.59 Å². The molecule has 1 unspecified atom stereocenters. The van der Waals surface area contributed by atoms with E-state index in [1.54, 1.807) is 54.8 Å². The number of piperazine rings is 1. The fraction of sp³-hybridized carbons (Fsp3) is 0.500. The molecule has 1 fully saturated rings. The maximum atomic E-state index is 13.9. The molecule has 3 amide bonds. The smallest absolute Gasteiger partial charge is 0.407 e. The van der Waals surface area contributed by atoms with Crippen molar-refractivity contribution in [3.8, 4) is 34.5 Å². The molecule has 2 aromatic carbocycles. The van der Waals surface area contributed by atoms with E-state index in [4.69, 9.17) is 33.2 Å². The fourth-order valence-electron chi connectivity index (χ4n) is 4.75. The molecule has 2 aromatic rings. The van der Waals surface area contributed by atoms with E-state index in [0.717, 1.165) is 0 Å². The monoisotopic (exact) mass is 603 g/mol. The second kappa shape index (κ2) is 14.1. The predicted molar refractivity (Wildman–Crippen MR) is 157 cm³/mol. The number of methoxy groups -OCH3 is 6. The number of alkyl carbamates (subject to hydrolysis) is 1. The summed E-state index contributed by atoms with van der Waals surface area (Å²) in [4.78, 5) is 43.3. The molecular weight excluding hydrogens is 562 g/mol. The molecule has 13 nitrogen and oxygen atoms in total. The molecule has 1 saturated heterocycles. The minimum absolute atomic E-state index is 0.0319. The van der Waals surface area contributed by atoms with E-state index >= 15 is 0 Å².